The van der Waals surface area contributed by atoms with Gasteiger partial charge in [-0.15, -0.1) is 0 Å². The van der Waals surface area contributed by atoms with Gasteiger partial charge in [-0.25, -0.2) is 0 Å². The SMILES string of the molecule is COC1(c2ccccc2)NC(=S)N(C(C)C)CC1(C)C. The van der Waals surface area contributed by atoms with Gasteiger partial charge in [0, 0.05) is 30.7 Å². The molecule has 1 aromatic rings. The predicted molar refractivity (Wildman–Crippen MR) is 86.5 cm³/mol. The molecule has 1 heterocycles. The number of benzene rings is 1. The summed E-state index contributed by atoms with van der Waals surface area (Å²) < 4.78 is 5.95. The van der Waals surface area contributed by atoms with Gasteiger partial charge in [-0.2, -0.15) is 0 Å². The van der Waals surface area contributed by atoms with Crippen LogP contribution in [0.3, 0.4) is 0 Å². The van der Waals surface area contributed by atoms with Crippen molar-refractivity contribution in [2.24, 2.45) is 5.41 Å². The Balaban J connectivity index is 2.46. The second-order valence-electron chi connectivity index (χ2n) is 6.29. The van der Waals surface area contributed by atoms with Gasteiger partial charge in [0.15, 0.2) is 10.8 Å². The summed E-state index contributed by atoms with van der Waals surface area (Å²) in [6, 6.07) is 10.6. The van der Waals surface area contributed by atoms with Crippen LogP contribution in [0.25, 0.3) is 0 Å². The zero-order valence-corrected chi connectivity index (χ0v) is 13.8. The van der Waals surface area contributed by atoms with Gasteiger partial charge in [0.25, 0.3) is 0 Å². The fraction of sp³-hybridized carbons (Fsp3) is 0.562. The minimum atomic E-state index is -0.587. The molecule has 1 aliphatic heterocycles. The summed E-state index contributed by atoms with van der Waals surface area (Å²) in [7, 11) is 1.75. The number of nitrogens with one attached hydrogen (secondary N) is 1. The van der Waals surface area contributed by atoms with Gasteiger partial charge in [0.2, 0.25) is 0 Å². The van der Waals surface area contributed by atoms with Crippen molar-refractivity contribution >= 4 is 17.3 Å². The van der Waals surface area contributed by atoms with E-state index in [0.717, 1.165) is 17.2 Å². The molecule has 3 nitrogen and oxygen atoms in total. The highest BCUT2D eigenvalue weighted by molar-refractivity contribution is 7.80. The number of nitrogens with zero attached hydrogens (tertiary/aromatic N) is 1. The Labute approximate surface area is 127 Å². The van der Waals surface area contributed by atoms with Gasteiger partial charge in [-0.05, 0) is 26.1 Å². The maximum absolute atomic E-state index is 5.95. The molecule has 0 aromatic heterocycles. The third-order valence-corrected chi connectivity index (χ3v) is 4.51. The van der Waals surface area contributed by atoms with Crippen LogP contribution in [0.4, 0.5) is 0 Å². The zero-order chi connectivity index (χ0) is 15.0. The Bertz CT molecular complexity index is 487. The molecule has 110 valence electrons. The molecule has 4 heteroatoms. The van der Waals surface area contributed by atoms with E-state index < -0.39 is 5.72 Å². The number of methoxy groups -OCH3 is 1. The van der Waals surface area contributed by atoms with Crippen LogP contribution in [-0.4, -0.2) is 29.7 Å². The van der Waals surface area contributed by atoms with E-state index in [9.17, 15) is 0 Å². The number of ether oxygens (including phenoxy) is 1. The second-order valence-corrected chi connectivity index (χ2v) is 6.67. The zero-order valence-electron chi connectivity index (χ0n) is 12.9. The number of hydrogen-bond donors (Lipinski definition) is 1. The van der Waals surface area contributed by atoms with Gasteiger partial charge in [0.1, 0.15) is 0 Å². The Morgan fingerprint density at radius 2 is 1.85 bits per heavy atom. The molecule has 1 saturated heterocycles. The minimum Gasteiger partial charge on any atom is -0.354 e. The summed E-state index contributed by atoms with van der Waals surface area (Å²) in [4.78, 5) is 2.22. The van der Waals surface area contributed by atoms with E-state index in [2.05, 4.69) is 50.0 Å². The largest absolute Gasteiger partial charge is 0.354 e. The summed E-state index contributed by atoms with van der Waals surface area (Å²) >= 11 is 5.56. The molecule has 0 radical (unpaired) electrons. The number of thiocarbonyl (C=S) groups is 1. The standard InChI is InChI=1S/C16H24N2OS/c1-12(2)18-11-15(3,4)16(19-5,17-14(18)20)13-9-7-6-8-10-13/h6-10,12H,11H2,1-5H3,(H,17,20). The molecule has 0 bridgehead atoms. The van der Waals surface area contributed by atoms with Crippen LogP contribution in [0.2, 0.25) is 0 Å². The van der Waals surface area contributed by atoms with E-state index in [1.165, 1.54) is 0 Å². The van der Waals surface area contributed by atoms with Crippen molar-refractivity contribution in [3.63, 3.8) is 0 Å². The molecule has 1 atom stereocenters. The van der Waals surface area contributed by atoms with E-state index in [1.807, 2.05) is 18.2 Å². The van der Waals surface area contributed by atoms with Crippen LogP contribution in [-0.2, 0) is 10.5 Å². The summed E-state index contributed by atoms with van der Waals surface area (Å²) in [5.74, 6) is 0. The molecular formula is C16H24N2OS. The van der Waals surface area contributed by atoms with Gasteiger partial charge in [-0.3, -0.25) is 0 Å². The van der Waals surface area contributed by atoms with Crippen molar-refractivity contribution in [3.8, 4) is 0 Å². The predicted octanol–water partition coefficient (Wildman–Crippen LogP) is 3.11. The van der Waals surface area contributed by atoms with Crippen molar-refractivity contribution in [2.75, 3.05) is 13.7 Å². The molecule has 20 heavy (non-hydrogen) atoms. The molecular weight excluding hydrogens is 268 g/mol. The summed E-state index contributed by atoms with van der Waals surface area (Å²) in [5.41, 5.74) is 0.408. The lowest BCUT2D eigenvalue weighted by Gasteiger charge is -2.54. The molecule has 0 aliphatic carbocycles. The monoisotopic (exact) mass is 292 g/mol. The fourth-order valence-corrected chi connectivity index (χ4v) is 3.42. The topological polar surface area (TPSA) is 24.5 Å². The number of hydrogen-bond acceptors (Lipinski definition) is 2. The molecule has 1 N–H and O–H groups in total. The fourth-order valence-electron chi connectivity index (χ4n) is 3.00. The molecule has 2 rings (SSSR count). The first-order chi connectivity index (χ1) is 9.34. The third kappa shape index (κ3) is 2.31. The molecule has 1 aromatic carbocycles. The Morgan fingerprint density at radius 3 is 2.35 bits per heavy atom. The van der Waals surface area contributed by atoms with Crippen molar-refractivity contribution in [3.05, 3.63) is 35.9 Å². The Kier molecular flexibility index (Phi) is 4.07. The van der Waals surface area contributed by atoms with Gasteiger partial charge in [0.05, 0.1) is 0 Å². The molecule has 0 amide bonds. The quantitative estimate of drug-likeness (QED) is 0.865. The maximum Gasteiger partial charge on any atom is 0.173 e. The lowest BCUT2D eigenvalue weighted by molar-refractivity contribution is -0.140. The average molecular weight is 292 g/mol. The molecule has 0 saturated carbocycles. The summed E-state index contributed by atoms with van der Waals surface area (Å²) in [5, 5.41) is 4.21. The minimum absolute atomic E-state index is 0.115. The lowest BCUT2D eigenvalue weighted by Crippen LogP contribution is -2.68. The van der Waals surface area contributed by atoms with E-state index in [1.54, 1.807) is 7.11 Å². The first-order valence-corrected chi connectivity index (χ1v) is 7.44. The Hall–Kier alpha value is -1.13. The maximum atomic E-state index is 5.95. The lowest BCUT2D eigenvalue weighted by atomic mass is 9.74. The molecule has 1 aliphatic rings. The number of rotatable bonds is 3. The van der Waals surface area contributed by atoms with Crippen molar-refractivity contribution < 1.29 is 4.74 Å². The smallest absolute Gasteiger partial charge is 0.173 e. The van der Waals surface area contributed by atoms with Crippen molar-refractivity contribution in [2.45, 2.75) is 39.5 Å². The average Bonchev–Trinajstić information content (AvgIpc) is 2.41. The van der Waals surface area contributed by atoms with E-state index in [0.29, 0.717) is 6.04 Å². The third-order valence-electron chi connectivity index (χ3n) is 4.17. The van der Waals surface area contributed by atoms with Crippen LogP contribution in [0.15, 0.2) is 30.3 Å². The first kappa shape index (κ1) is 15.3. The van der Waals surface area contributed by atoms with E-state index in [4.69, 9.17) is 17.0 Å². The second kappa shape index (κ2) is 5.34. The van der Waals surface area contributed by atoms with E-state index in [-0.39, 0.29) is 5.41 Å². The van der Waals surface area contributed by atoms with Crippen molar-refractivity contribution in [1.82, 2.24) is 10.2 Å². The molecule has 0 spiro atoms. The van der Waals surface area contributed by atoms with Crippen LogP contribution < -0.4 is 5.32 Å². The normalized spacial score (nSPS) is 25.7. The summed E-state index contributed by atoms with van der Waals surface area (Å²) in [6.45, 7) is 9.61. The molecule has 1 fully saturated rings. The Morgan fingerprint density at radius 1 is 1.25 bits per heavy atom. The van der Waals surface area contributed by atoms with Crippen LogP contribution in [0, 0.1) is 5.41 Å². The van der Waals surface area contributed by atoms with Crippen LogP contribution >= 0.6 is 12.2 Å². The van der Waals surface area contributed by atoms with Crippen LogP contribution in [0.1, 0.15) is 33.3 Å². The highest BCUT2D eigenvalue weighted by atomic mass is 32.1. The van der Waals surface area contributed by atoms with E-state index >= 15 is 0 Å². The highest BCUT2D eigenvalue weighted by Gasteiger charge is 2.52. The molecule has 1 unspecified atom stereocenters. The first-order valence-electron chi connectivity index (χ1n) is 7.03. The van der Waals surface area contributed by atoms with Crippen LogP contribution in [0.5, 0.6) is 0 Å². The van der Waals surface area contributed by atoms with Crippen molar-refractivity contribution in [1.29, 1.82) is 0 Å². The summed E-state index contributed by atoms with van der Waals surface area (Å²) in [6.07, 6.45) is 0. The van der Waals surface area contributed by atoms with Gasteiger partial charge < -0.3 is 15.0 Å². The highest BCUT2D eigenvalue weighted by Crippen LogP contribution is 2.44. The van der Waals surface area contributed by atoms with Gasteiger partial charge in [-0.1, -0.05) is 44.2 Å². The van der Waals surface area contributed by atoms with Gasteiger partial charge >= 0.3 is 0 Å².